The van der Waals surface area contributed by atoms with E-state index < -0.39 is 18.0 Å². The molecule has 7 heteroatoms. The van der Waals surface area contributed by atoms with E-state index in [1.807, 2.05) is 6.26 Å². The Hall–Kier alpha value is -0.950. The molecule has 0 aliphatic rings. The predicted octanol–water partition coefficient (Wildman–Crippen LogP) is 0.216. The highest BCUT2D eigenvalue weighted by atomic mass is 32.2. The molecule has 3 N–H and O–H groups in total. The zero-order chi connectivity index (χ0) is 13.3. The SMILES string of the molecule is CCN(CCO)C(=O)N[C@@H](CCSC)C(=O)O. The molecule has 0 aromatic rings. The van der Waals surface area contributed by atoms with Crippen LogP contribution in [0, 0.1) is 0 Å². The number of urea groups is 1. The summed E-state index contributed by atoms with van der Waals surface area (Å²) in [6, 6.07) is -1.32. The lowest BCUT2D eigenvalue weighted by atomic mass is 10.2. The fourth-order valence-electron chi connectivity index (χ4n) is 1.26. The van der Waals surface area contributed by atoms with Gasteiger partial charge in [0.2, 0.25) is 0 Å². The summed E-state index contributed by atoms with van der Waals surface area (Å²) in [5.41, 5.74) is 0. The van der Waals surface area contributed by atoms with Crippen molar-refractivity contribution in [2.45, 2.75) is 19.4 Å². The normalized spacial score (nSPS) is 11.9. The minimum atomic E-state index is -1.03. The van der Waals surface area contributed by atoms with Crippen LogP contribution in [-0.4, -0.2) is 64.9 Å². The monoisotopic (exact) mass is 264 g/mol. The number of nitrogens with one attached hydrogen (secondary N) is 1. The molecule has 0 bridgehead atoms. The van der Waals surface area contributed by atoms with Crippen LogP contribution in [0.4, 0.5) is 4.79 Å². The Morgan fingerprint density at radius 3 is 2.53 bits per heavy atom. The van der Waals surface area contributed by atoms with E-state index in [4.69, 9.17) is 10.2 Å². The smallest absolute Gasteiger partial charge is 0.326 e. The van der Waals surface area contributed by atoms with Gasteiger partial charge in [-0.2, -0.15) is 11.8 Å². The van der Waals surface area contributed by atoms with E-state index in [-0.39, 0.29) is 13.2 Å². The van der Waals surface area contributed by atoms with Crippen LogP contribution in [0.15, 0.2) is 0 Å². The Balaban J connectivity index is 4.32. The van der Waals surface area contributed by atoms with Crippen molar-refractivity contribution in [3.63, 3.8) is 0 Å². The maximum Gasteiger partial charge on any atom is 0.326 e. The molecule has 0 radical (unpaired) electrons. The summed E-state index contributed by atoms with van der Waals surface area (Å²) in [7, 11) is 0. The van der Waals surface area contributed by atoms with Crippen LogP contribution in [0.5, 0.6) is 0 Å². The lowest BCUT2D eigenvalue weighted by Gasteiger charge is -2.23. The number of carboxylic acids is 1. The van der Waals surface area contributed by atoms with Crippen LogP contribution < -0.4 is 5.32 Å². The number of hydrogen-bond acceptors (Lipinski definition) is 4. The Labute approximate surface area is 105 Å². The van der Waals surface area contributed by atoms with Crippen molar-refractivity contribution in [2.24, 2.45) is 0 Å². The molecule has 0 aliphatic heterocycles. The molecule has 0 rings (SSSR count). The number of carbonyl (C=O) groups excluding carboxylic acids is 1. The molecule has 0 spiro atoms. The highest BCUT2D eigenvalue weighted by Crippen LogP contribution is 2.02. The Bertz CT molecular complexity index is 250. The summed E-state index contributed by atoms with van der Waals surface area (Å²) in [6.45, 7) is 2.27. The van der Waals surface area contributed by atoms with Gasteiger partial charge in [0.25, 0.3) is 0 Å². The number of amides is 2. The molecule has 1 atom stereocenters. The van der Waals surface area contributed by atoms with Crippen LogP contribution in [0.3, 0.4) is 0 Å². The topological polar surface area (TPSA) is 89.9 Å². The van der Waals surface area contributed by atoms with E-state index in [0.717, 1.165) is 0 Å². The average molecular weight is 264 g/mol. The van der Waals surface area contributed by atoms with Crippen LogP contribution in [-0.2, 0) is 4.79 Å². The molecule has 0 aromatic carbocycles. The second kappa shape index (κ2) is 9.12. The second-order valence-corrected chi connectivity index (χ2v) is 4.41. The van der Waals surface area contributed by atoms with Gasteiger partial charge in [-0.05, 0) is 25.4 Å². The first-order chi connectivity index (χ1) is 8.06. The second-order valence-electron chi connectivity index (χ2n) is 3.43. The van der Waals surface area contributed by atoms with Crippen molar-refractivity contribution in [3.8, 4) is 0 Å². The molecule has 0 heterocycles. The van der Waals surface area contributed by atoms with Crippen molar-refractivity contribution >= 4 is 23.8 Å². The molecule has 0 saturated carbocycles. The number of aliphatic hydroxyl groups is 1. The van der Waals surface area contributed by atoms with Gasteiger partial charge >= 0.3 is 12.0 Å². The third-order valence-corrected chi connectivity index (χ3v) is 2.89. The zero-order valence-corrected chi connectivity index (χ0v) is 11.0. The number of thioether (sulfide) groups is 1. The zero-order valence-electron chi connectivity index (χ0n) is 10.2. The molecule has 17 heavy (non-hydrogen) atoms. The fourth-order valence-corrected chi connectivity index (χ4v) is 1.73. The van der Waals surface area contributed by atoms with E-state index in [1.54, 1.807) is 6.92 Å². The van der Waals surface area contributed by atoms with E-state index >= 15 is 0 Å². The van der Waals surface area contributed by atoms with Gasteiger partial charge in [0, 0.05) is 13.1 Å². The molecule has 0 fully saturated rings. The molecule has 0 aromatic heterocycles. The molecule has 100 valence electrons. The summed E-state index contributed by atoms with van der Waals surface area (Å²) in [5.74, 6) is -0.365. The first kappa shape index (κ1) is 16.1. The van der Waals surface area contributed by atoms with E-state index in [9.17, 15) is 9.59 Å². The van der Waals surface area contributed by atoms with Crippen LogP contribution in [0.25, 0.3) is 0 Å². The Kier molecular flexibility index (Phi) is 8.61. The summed E-state index contributed by atoms with van der Waals surface area (Å²) in [5, 5.41) is 20.2. The number of likely N-dealkylation sites (N-methyl/N-ethyl adjacent to an activating group) is 1. The molecule has 0 unspecified atom stereocenters. The van der Waals surface area contributed by atoms with Gasteiger partial charge in [-0.3, -0.25) is 0 Å². The van der Waals surface area contributed by atoms with E-state index in [2.05, 4.69) is 5.32 Å². The lowest BCUT2D eigenvalue weighted by Crippen LogP contribution is -2.48. The molecule has 2 amide bonds. The van der Waals surface area contributed by atoms with Crippen molar-refractivity contribution < 1.29 is 19.8 Å². The molecule has 6 nitrogen and oxygen atoms in total. The number of aliphatic carboxylic acids is 1. The van der Waals surface area contributed by atoms with Crippen molar-refractivity contribution in [3.05, 3.63) is 0 Å². The summed E-state index contributed by atoms with van der Waals surface area (Å²) in [4.78, 5) is 24.0. The standard InChI is InChI=1S/C10H20N2O4S/c1-3-12(5-6-13)10(16)11-8(9(14)15)4-7-17-2/h8,13H,3-7H2,1-2H3,(H,11,16)(H,14,15)/t8-/m0/s1. The van der Waals surface area contributed by atoms with Gasteiger partial charge in [0.15, 0.2) is 0 Å². The molecular formula is C10H20N2O4S. The number of carbonyl (C=O) groups is 2. The number of nitrogens with zero attached hydrogens (tertiary/aromatic N) is 1. The molecule has 0 aliphatic carbocycles. The van der Waals surface area contributed by atoms with Crippen LogP contribution in [0.2, 0.25) is 0 Å². The van der Waals surface area contributed by atoms with Gasteiger partial charge in [0.1, 0.15) is 6.04 Å². The van der Waals surface area contributed by atoms with Crippen molar-refractivity contribution in [1.82, 2.24) is 10.2 Å². The minimum absolute atomic E-state index is 0.135. The molecule has 0 saturated heterocycles. The third kappa shape index (κ3) is 6.38. The summed E-state index contributed by atoms with van der Waals surface area (Å²) in [6.07, 6.45) is 2.27. The maximum absolute atomic E-state index is 11.7. The quantitative estimate of drug-likeness (QED) is 0.583. The van der Waals surface area contributed by atoms with Gasteiger partial charge in [-0.1, -0.05) is 0 Å². The third-order valence-electron chi connectivity index (χ3n) is 2.25. The number of hydrogen-bond donors (Lipinski definition) is 3. The highest BCUT2D eigenvalue weighted by Gasteiger charge is 2.21. The Morgan fingerprint density at radius 1 is 1.47 bits per heavy atom. The Morgan fingerprint density at radius 2 is 2.12 bits per heavy atom. The molecular weight excluding hydrogens is 244 g/mol. The van der Waals surface area contributed by atoms with Gasteiger partial charge in [0.05, 0.1) is 6.61 Å². The predicted molar refractivity (Wildman–Crippen MR) is 67.3 cm³/mol. The number of carboxylic acid groups (broad SMARTS) is 1. The van der Waals surface area contributed by atoms with E-state index in [1.165, 1.54) is 16.7 Å². The largest absolute Gasteiger partial charge is 0.480 e. The number of rotatable bonds is 8. The van der Waals surface area contributed by atoms with Crippen molar-refractivity contribution in [1.29, 1.82) is 0 Å². The fraction of sp³-hybridized carbons (Fsp3) is 0.800. The lowest BCUT2D eigenvalue weighted by molar-refractivity contribution is -0.139. The minimum Gasteiger partial charge on any atom is -0.480 e. The van der Waals surface area contributed by atoms with Gasteiger partial charge in [-0.15, -0.1) is 0 Å². The van der Waals surface area contributed by atoms with Crippen molar-refractivity contribution in [2.75, 3.05) is 31.7 Å². The first-order valence-corrected chi connectivity index (χ1v) is 6.84. The van der Waals surface area contributed by atoms with Crippen LogP contribution >= 0.6 is 11.8 Å². The highest BCUT2D eigenvalue weighted by molar-refractivity contribution is 7.98. The summed E-state index contributed by atoms with van der Waals surface area (Å²) < 4.78 is 0. The van der Waals surface area contributed by atoms with E-state index in [0.29, 0.717) is 18.7 Å². The van der Waals surface area contributed by atoms with Gasteiger partial charge in [-0.25, -0.2) is 9.59 Å². The summed E-state index contributed by atoms with van der Waals surface area (Å²) >= 11 is 1.53. The average Bonchev–Trinajstić information content (AvgIpc) is 2.30. The number of aliphatic hydroxyl groups excluding tert-OH is 1. The first-order valence-electron chi connectivity index (χ1n) is 5.44. The van der Waals surface area contributed by atoms with Gasteiger partial charge < -0.3 is 20.4 Å². The van der Waals surface area contributed by atoms with Crippen LogP contribution in [0.1, 0.15) is 13.3 Å². The maximum atomic E-state index is 11.7.